The Labute approximate surface area is 174 Å². The number of carboxylic acids is 1. The van der Waals surface area contributed by atoms with Crippen LogP contribution in [0.2, 0.25) is 0 Å². The van der Waals surface area contributed by atoms with Gasteiger partial charge in [0.25, 0.3) is 0 Å². The van der Waals surface area contributed by atoms with Gasteiger partial charge in [-0.1, -0.05) is 103 Å². The zero-order valence-electron chi connectivity index (χ0n) is 18.6. The van der Waals surface area contributed by atoms with Crippen LogP contribution in [0.3, 0.4) is 0 Å². The fourth-order valence-corrected chi connectivity index (χ4v) is 3.60. The molecule has 166 valence electrons. The van der Waals surface area contributed by atoms with Crippen LogP contribution in [-0.2, 0) is 9.59 Å². The van der Waals surface area contributed by atoms with Crippen LogP contribution in [0.4, 0.5) is 0 Å². The van der Waals surface area contributed by atoms with E-state index in [4.69, 9.17) is 5.11 Å². The van der Waals surface area contributed by atoms with Crippen molar-refractivity contribution in [2.75, 3.05) is 6.54 Å². The highest BCUT2D eigenvalue weighted by molar-refractivity contribution is 5.75. The third kappa shape index (κ3) is 23.0. The molecule has 0 aromatic carbocycles. The Morgan fingerprint density at radius 1 is 0.571 bits per heavy atom. The van der Waals surface area contributed by atoms with Crippen molar-refractivity contribution in [3.8, 4) is 0 Å². The van der Waals surface area contributed by atoms with Crippen molar-refractivity contribution in [2.24, 2.45) is 0 Å². The molecule has 0 spiro atoms. The number of amides is 1. The Kier molecular flexibility index (Phi) is 21.4. The standard InChI is InChI=1S/C24H47NO3/c1-2-20-23(26)25-22-19-17-15-13-11-9-7-5-3-4-6-8-10-12-14-16-18-21-24(27)28/h2-22H2,1H3,(H,25,26)(H,27,28). The molecule has 0 saturated heterocycles. The van der Waals surface area contributed by atoms with Gasteiger partial charge in [-0.15, -0.1) is 0 Å². The van der Waals surface area contributed by atoms with Gasteiger partial charge >= 0.3 is 5.97 Å². The lowest BCUT2D eigenvalue weighted by atomic mass is 10.0. The minimum absolute atomic E-state index is 0.204. The maximum absolute atomic E-state index is 11.3. The van der Waals surface area contributed by atoms with Crippen molar-refractivity contribution in [1.82, 2.24) is 5.32 Å². The van der Waals surface area contributed by atoms with Crippen LogP contribution in [0, 0.1) is 0 Å². The van der Waals surface area contributed by atoms with Gasteiger partial charge in [0.2, 0.25) is 5.91 Å². The summed E-state index contributed by atoms with van der Waals surface area (Å²) in [6.45, 7) is 2.89. The summed E-state index contributed by atoms with van der Waals surface area (Å²) in [5.74, 6) is -0.458. The first-order chi connectivity index (χ1) is 13.7. The van der Waals surface area contributed by atoms with E-state index in [0.717, 1.165) is 32.2 Å². The van der Waals surface area contributed by atoms with E-state index in [2.05, 4.69) is 5.32 Å². The summed E-state index contributed by atoms with van der Waals surface area (Å²) < 4.78 is 0. The second-order valence-electron chi connectivity index (χ2n) is 8.25. The molecule has 28 heavy (non-hydrogen) atoms. The van der Waals surface area contributed by atoms with Crippen molar-refractivity contribution in [3.63, 3.8) is 0 Å². The van der Waals surface area contributed by atoms with Crippen LogP contribution in [-0.4, -0.2) is 23.5 Å². The number of carboxylic acid groups (broad SMARTS) is 1. The number of unbranched alkanes of at least 4 members (excludes halogenated alkanes) is 16. The number of nitrogens with one attached hydrogen (secondary N) is 1. The van der Waals surface area contributed by atoms with Crippen LogP contribution >= 0.6 is 0 Å². The van der Waals surface area contributed by atoms with E-state index in [-0.39, 0.29) is 5.91 Å². The quantitative estimate of drug-likeness (QED) is 0.193. The molecule has 1 amide bonds. The largest absolute Gasteiger partial charge is 0.481 e. The minimum Gasteiger partial charge on any atom is -0.481 e. The Morgan fingerprint density at radius 2 is 0.929 bits per heavy atom. The van der Waals surface area contributed by atoms with Crippen LogP contribution in [0.25, 0.3) is 0 Å². The van der Waals surface area contributed by atoms with Gasteiger partial charge < -0.3 is 10.4 Å². The Hall–Kier alpha value is -1.06. The first-order valence-corrected chi connectivity index (χ1v) is 12.1. The van der Waals surface area contributed by atoms with Gasteiger partial charge in [0.05, 0.1) is 0 Å². The highest BCUT2D eigenvalue weighted by atomic mass is 16.4. The molecule has 0 fully saturated rings. The molecular weight excluding hydrogens is 350 g/mol. The average molecular weight is 398 g/mol. The highest BCUT2D eigenvalue weighted by Gasteiger charge is 1.98. The lowest BCUT2D eigenvalue weighted by molar-refractivity contribution is -0.137. The minimum atomic E-state index is -0.663. The van der Waals surface area contributed by atoms with E-state index in [9.17, 15) is 9.59 Å². The summed E-state index contributed by atoms with van der Waals surface area (Å²) in [7, 11) is 0. The number of aliphatic carboxylic acids is 1. The molecule has 0 aliphatic carbocycles. The zero-order valence-corrected chi connectivity index (χ0v) is 18.6. The fraction of sp³-hybridized carbons (Fsp3) is 0.917. The van der Waals surface area contributed by atoms with Gasteiger partial charge in [0.1, 0.15) is 0 Å². The van der Waals surface area contributed by atoms with Crippen LogP contribution < -0.4 is 5.32 Å². The molecule has 0 aromatic heterocycles. The number of rotatable bonds is 22. The molecule has 0 saturated carbocycles. The molecule has 4 heteroatoms. The number of carbonyl (C=O) groups excluding carboxylic acids is 1. The molecule has 4 nitrogen and oxygen atoms in total. The molecule has 0 rings (SSSR count). The van der Waals surface area contributed by atoms with E-state index in [0.29, 0.717) is 12.8 Å². The third-order valence-electron chi connectivity index (χ3n) is 5.37. The van der Waals surface area contributed by atoms with Crippen molar-refractivity contribution in [1.29, 1.82) is 0 Å². The molecule has 0 aliphatic rings. The van der Waals surface area contributed by atoms with E-state index >= 15 is 0 Å². The van der Waals surface area contributed by atoms with E-state index in [1.165, 1.54) is 89.9 Å². The predicted octanol–water partition coefficient (Wildman–Crippen LogP) is 7.01. The lowest BCUT2D eigenvalue weighted by Crippen LogP contribution is -2.23. The summed E-state index contributed by atoms with van der Waals surface area (Å²) in [4.78, 5) is 21.7. The van der Waals surface area contributed by atoms with E-state index in [1.54, 1.807) is 0 Å². The van der Waals surface area contributed by atoms with Gasteiger partial charge in [-0.2, -0.15) is 0 Å². The van der Waals surface area contributed by atoms with Crippen LogP contribution in [0.5, 0.6) is 0 Å². The SMILES string of the molecule is CCCC(=O)NCCCCCCCCCCCCCCCCCCCC(=O)O. The highest BCUT2D eigenvalue weighted by Crippen LogP contribution is 2.14. The molecule has 0 atom stereocenters. The Morgan fingerprint density at radius 3 is 1.29 bits per heavy atom. The number of hydrogen-bond acceptors (Lipinski definition) is 2. The predicted molar refractivity (Wildman–Crippen MR) is 119 cm³/mol. The van der Waals surface area contributed by atoms with E-state index < -0.39 is 5.97 Å². The molecule has 0 aromatic rings. The van der Waals surface area contributed by atoms with Gasteiger partial charge in [-0.05, 0) is 19.3 Å². The van der Waals surface area contributed by atoms with Crippen LogP contribution in [0.15, 0.2) is 0 Å². The van der Waals surface area contributed by atoms with Crippen molar-refractivity contribution in [3.05, 3.63) is 0 Å². The van der Waals surface area contributed by atoms with Crippen molar-refractivity contribution >= 4 is 11.9 Å². The summed E-state index contributed by atoms with van der Waals surface area (Å²) in [6, 6.07) is 0. The molecular formula is C24H47NO3. The maximum atomic E-state index is 11.3. The topological polar surface area (TPSA) is 66.4 Å². The van der Waals surface area contributed by atoms with Gasteiger partial charge in [0, 0.05) is 19.4 Å². The van der Waals surface area contributed by atoms with E-state index in [1.807, 2.05) is 6.92 Å². The van der Waals surface area contributed by atoms with Gasteiger partial charge in [-0.3, -0.25) is 9.59 Å². The Bertz CT molecular complexity index is 358. The smallest absolute Gasteiger partial charge is 0.303 e. The van der Waals surface area contributed by atoms with Crippen LogP contribution in [0.1, 0.15) is 135 Å². The van der Waals surface area contributed by atoms with Gasteiger partial charge in [-0.25, -0.2) is 0 Å². The zero-order chi connectivity index (χ0) is 20.7. The maximum Gasteiger partial charge on any atom is 0.303 e. The molecule has 0 bridgehead atoms. The summed E-state index contributed by atoms with van der Waals surface area (Å²) in [5, 5.41) is 11.6. The second kappa shape index (κ2) is 22.2. The third-order valence-corrected chi connectivity index (χ3v) is 5.37. The molecule has 0 unspecified atom stereocenters. The summed E-state index contributed by atoms with van der Waals surface area (Å²) >= 11 is 0. The second-order valence-corrected chi connectivity index (χ2v) is 8.25. The average Bonchev–Trinajstić information content (AvgIpc) is 2.66. The molecule has 0 aliphatic heterocycles. The fourth-order valence-electron chi connectivity index (χ4n) is 3.60. The monoisotopic (exact) mass is 397 g/mol. The normalized spacial score (nSPS) is 10.9. The molecule has 2 N–H and O–H groups in total. The molecule has 0 radical (unpaired) electrons. The summed E-state index contributed by atoms with van der Waals surface area (Å²) in [6.07, 6.45) is 23.6. The number of carbonyl (C=O) groups is 2. The lowest BCUT2D eigenvalue weighted by Gasteiger charge is -2.05. The van der Waals surface area contributed by atoms with Crippen molar-refractivity contribution < 1.29 is 14.7 Å². The van der Waals surface area contributed by atoms with Crippen molar-refractivity contribution in [2.45, 2.75) is 135 Å². The van der Waals surface area contributed by atoms with Gasteiger partial charge in [0.15, 0.2) is 0 Å². The summed E-state index contributed by atoms with van der Waals surface area (Å²) in [5.41, 5.74) is 0. The molecule has 0 heterocycles. The number of hydrogen-bond donors (Lipinski definition) is 2. The first-order valence-electron chi connectivity index (χ1n) is 12.1. The first kappa shape index (κ1) is 26.9. The Balaban J connectivity index is 3.05.